The van der Waals surface area contributed by atoms with Crippen LogP contribution in [0.25, 0.3) is 0 Å². The van der Waals surface area contributed by atoms with Crippen molar-refractivity contribution in [1.82, 2.24) is 14.8 Å². The van der Waals surface area contributed by atoms with Gasteiger partial charge in [-0.2, -0.15) is 0 Å². The maximum Gasteiger partial charge on any atom is 0.234 e. The van der Waals surface area contributed by atoms with Gasteiger partial charge in [-0.3, -0.25) is 9.69 Å². The minimum atomic E-state index is 0.0861. The van der Waals surface area contributed by atoms with Crippen molar-refractivity contribution in [3.8, 4) is 0 Å². The molecule has 1 aliphatic heterocycles. The molecule has 1 amide bonds. The quantitative estimate of drug-likeness (QED) is 0.814. The molecule has 4 nitrogen and oxygen atoms in total. The van der Waals surface area contributed by atoms with Crippen molar-refractivity contribution in [2.45, 2.75) is 32.4 Å². The van der Waals surface area contributed by atoms with Crippen molar-refractivity contribution in [2.24, 2.45) is 0 Å². The molecule has 0 spiro atoms. The molecule has 0 aliphatic carbocycles. The lowest BCUT2D eigenvalue weighted by Gasteiger charge is -2.36. The van der Waals surface area contributed by atoms with Crippen LogP contribution in [0.4, 0.5) is 0 Å². The number of nitrogens with one attached hydrogen (secondary N) is 1. The van der Waals surface area contributed by atoms with Gasteiger partial charge in [0.05, 0.1) is 12.6 Å². The number of unbranched alkanes of at least 4 members (excludes halogenated alkanes) is 1. The minimum absolute atomic E-state index is 0.0861. The Balaban J connectivity index is 1.80. The molecule has 5 heteroatoms. The molecule has 1 N–H and O–H groups in total. The normalized spacial score (nSPS) is 17.5. The lowest BCUT2D eigenvalue weighted by molar-refractivity contribution is -0.122. The predicted molar refractivity (Wildman–Crippen MR) is 97.2 cm³/mol. The summed E-state index contributed by atoms with van der Waals surface area (Å²) >= 11 is 6.04. The second-order valence-corrected chi connectivity index (χ2v) is 6.69. The Morgan fingerprint density at radius 2 is 2.04 bits per heavy atom. The fourth-order valence-electron chi connectivity index (χ4n) is 3.27. The highest BCUT2D eigenvalue weighted by atomic mass is 35.5. The molecule has 0 saturated carbocycles. The van der Waals surface area contributed by atoms with E-state index in [1.54, 1.807) is 0 Å². The van der Waals surface area contributed by atoms with Gasteiger partial charge < -0.3 is 9.88 Å². The third kappa shape index (κ3) is 3.82. The van der Waals surface area contributed by atoms with E-state index in [2.05, 4.69) is 52.2 Å². The number of hydrogen-bond acceptors (Lipinski definition) is 2. The monoisotopic (exact) mass is 345 g/mol. The van der Waals surface area contributed by atoms with E-state index < -0.39 is 0 Å². The van der Waals surface area contributed by atoms with Crippen LogP contribution in [0.3, 0.4) is 0 Å². The average molecular weight is 346 g/mol. The molecule has 0 fully saturated rings. The van der Waals surface area contributed by atoms with Gasteiger partial charge in [0.15, 0.2) is 0 Å². The van der Waals surface area contributed by atoms with E-state index in [9.17, 15) is 4.79 Å². The van der Waals surface area contributed by atoms with Gasteiger partial charge in [-0.15, -0.1) is 0 Å². The molecule has 0 radical (unpaired) electrons. The highest BCUT2D eigenvalue weighted by molar-refractivity contribution is 6.30. The Morgan fingerprint density at radius 3 is 2.79 bits per heavy atom. The van der Waals surface area contributed by atoms with Gasteiger partial charge in [-0.1, -0.05) is 37.1 Å². The first-order valence-electron chi connectivity index (χ1n) is 8.60. The molecule has 2 aromatic rings. The summed E-state index contributed by atoms with van der Waals surface area (Å²) in [4.78, 5) is 14.5. The highest BCUT2D eigenvalue weighted by Crippen LogP contribution is 2.32. The number of aromatic nitrogens is 1. The first-order chi connectivity index (χ1) is 11.7. The van der Waals surface area contributed by atoms with Crippen molar-refractivity contribution >= 4 is 17.5 Å². The van der Waals surface area contributed by atoms with Gasteiger partial charge >= 0.3 is 0 Å². The van der Waals surface area contributed by atoms with E-state index in [1.165, 1.54) is 11.3 Å². The molecular weight excluding hydrogens is 322 g/mol. The van der Waals surface area contributed by atoms with Crippen LogP contribution in [0.5, 0.6) is 0 Å². The van der Waals surface area contributed by atoms with E-state index in [-0.39, 0.29) is 11.9 Å². The lowest BCUT2D eigenvalue weighted by atomic mass is 10.00. The van der Waals surface area contributed by atoms with Crippen molar-refractivity contribution in [1.29, 1.82) is 0 Å². The molecule has 2 heterocycles. The zero-order valence-corrected chi connectivity index (χ0v) is 14.8. The zero-order valence-electron chi connectivity index (χ0n) is 14.0. The summed E-state index contributed by atoms with van der Waals surface area (Å²) < 4.78 is 2.27. The molecule has 1 atom stereocenters. The van der Waals surface area contributed by atoms with Crippen molar-refractivity contribution < 1.29 is 4.79 Å². The third-order valence-corrected chi connectivity index (χ3v) is 4.77. The smallest absolute Gasteiger partial charge is 0.234 e. The molecular formula is C19H24ClN3O. The van der Waals surface area contributed by atoms with Crippen LogP contribution in [0.15, 0.2) is 42.6 Å². The van der Waals surface area contributed by atoms with Gasteiger partial charge in [-0.25, -0.2) is 0 Å². The standard InChI is InChI=1S/C19H24ClN3O/c1-2-3-10-21-18(24)14-23-13-12-22-11-4-5-17(22)19(23)15-6-8-16(20)9-7-15/h4-9,11,19H,2-3,10,12-14H2,1H3,(H,21,24). The molecule has 24 heavy (non-hydrogen) atoms. The first-order valence-corrected chi connectivity index (χ1v) is 8.98. The summed E-state index contributed by atoms with van der Waals surface area (Å²) in [5.41, 5.74) is 2.39. The Morgan fingerprint density at radius 1 is 1.25 bits per heavy atom. The fourth-order valence-corrected chi connectivity index (χ4v) is 3.40. The topological polar surface area (TPSA) is 37.3 Å². The summed E-state index contributed by atoms with van der Waals surface area (Å²) in [5, 5.41) is 3.75. The summed E-state index contributed by atoms with van der Waals surface area (Å²) in [6, 6.07) is 12.2. The van der Waals surface area contributed by atoms with E-state index >= 15 is 0 Å². The number of benzene rings is 1. The molecule has 1 aromatic heterocycles. The van der Waals surface area contributed by atoms with Crippen LogP contribution in [0.2, 0.25) is 5.02 Å². The number of halogens is 1. The Kier molecular flexibility index (Phi) is 5.59. The van der Waals surface area contributed by atoms with Gasteiger partial charge in [0, 0.05) is 36.5 Å². The maximum absolute atomic E-state index is 12.3. The zero-order chi connectivity index (χ0) is 16.9. The fraction of sp³-hybridized carbons (Fsp3) is 0.421. The van der Waals surface area contributed by atoms with Crippen LogP contribution in [-0.2, 0) is 11.3 Å². The minimum Gasteiger partial charge on any atom is -0.355 e. The van der Waals surface area contributed by atoms with E-state index in [1.807, 2.05) is 12.1 Å². The van der Waals surface area contributed by atoms with Gasteiger partial charge in [-0.05, 0) is 36.2 Å². The molecule has 0 saturated heterocycles. The van der Waals surface area contributed by atoms with Gasteiger partial charge in [0.1, 0.15) is 0 Å². The molecule has 1 aromatic carbocycles. The lowest BCUT2D eigenvalue weighted by Crippen LogP contribution is -2.44. The van der Waals surface area contributed by atoms with E-state index in [4.69, 9.17) is 11.6 Å². The van der Waals surface area contributed by atoms with E-state index in [0.29, 0.717) is 6.54 Å². The van der Waals surface area contributed by atoms with Crippen molar-refractivity contribution in [3.63, 3.8) is 0 Å². The van der Waals surface area contributed by atoms with Crippen LogP contribution in [-0.4, -0.2) is 35.0 Å². The molecule has 1 unspecified atom stereocenters. The van der Waals surface area contributed by atoms with Crippen molar-refractivity contribution in [2.75, 3.05) is 19.6 Å². The Bertz CT molecular complexity index is 680. The number of rotatable bonds is 6. The number of hydrogen-bond donors (Lipinski definition) is 1. The summed E-state index contributed by atoms with van der Waals surface area (Å²) in [7, 11) is 0. The van der Waals surface area contributed by atoms with Crippen LogP contribution >= 0.6 is 11.6 Å². The van der Waals surface area contributed by atoms with E-state index in [0.717, 1.165) is 37.5 Å². The average Bonchev–Trinajstić information content (AvgIpc) is 3.04. The third-order valence-electron chi connectivity index (χ3n) is 4.52. The number of nitrogens with zero attached hydrogens (tertiary/aromatic N) is 2. The van der Waals surface area contributed by atoms with Crippen LogP contribution in [0, 0.1) is 0 Å². The number of carbonyl (C=O) groups is 1. The molecule has 0 bridgehead atoms. The molecule has 1 aliphatic rings. The molecule has 128 valence electrons. The second kappa shape index (κ2) is 7.86. The predicted octanol–water partition coefficient (Wildman–Crippen LogP) is 3.46. The van der Waals surface area contributed by atoms with Crippen LogP contribution in [0.1, 0.15) is 37.1 Å². The number of amides is 1. The Labute approximate surface area is 148 Å². The second-order valence-electron chi connectivity index (χ2n) is 6.25. The summed E-state index contributed by atoms with van der Waals surface area (Å²) in [6.07, 6.45) is 4.22. The SMILES string of the molecule is CCCCNC(=O)CN1CCn2cccc2C1c1ccc(Cl)cc1. The number of fused-ring (bicyclic) bond motifs is 1. The Hall–Kier alpha value is -1.78. The number of carbonyl (C=O) groups excluding carboxylic acids is 1. The largest absolute Gasteiger partial charge is 0.355 e. The summed E-state index contributed by atoms with van der Waals surface area (Å²) in [5.74, 6) is 0.0995. The summed E-state index contributed by atoms with van der Waals surface area (Å²) in [6.45, 7) is 5.07. The van der Waals surface area contributed by atoms with Crippen LogP contribution < -0.4 is 5.32 Å². The maximum atomic E-state index is 12.3. The highest BCUT2D eigenvalue weighted by Gasteiger charge is 2.29. The first kappa shape index (κ1) is 17.1. The van der Waals surface area contributed by atoms with Crippen molar-refractivity contribution in [3.05, 3.63) is 58.9 Å². The molecule has 3 rings (SSSR count). The van der Waals surface area contributed by atoms with Gasteiger partial charge in [0.25, 0.3) is 0 Å². The van der Waals surface area contributed by atoms with Gasteiger partial charge in [0.2, 0.25) is 5.91 Å².